The molecule has 1 aliphatic rings. The van der Waals surface area contributed by atoms with Gasteiger partial charge in [0.15, 0.2) is 0 Å². The summed E-state index contributed by atoms with van der Waals surface area (Å²) in [5, 5.41) is 10.7. The van der Waals surface area contributed by atoms with Crippen molar-refractivity contribution in [1.29, 1.82) is 0 Å². The van der Waals surface area contributed by atoms with Gasteiger partial charge in [-0.25, -0.2) is 0 Å². The van der Waals surface area contributed by atoms with Crippen LogP contribution >= 0.6 is 0 Å². The van der Waals surface area contributed by atoms with Crippen molar-refractivity contribution in [3.63, 3.8) is 0 Å². The summed E-state index contributed by atoms with van der Waals surface area (Å²) in [5.74, 6) is 0. The zero-order chi connectivity index (χ0) is 12.5. The number of hydrogen-bond donors (Lipinski definition) is 1. The molecule has 90 valence electrons. The molecule has 0 bridgehead atoms. The molecule has 0 aliphatic heterocycles. The van der Waals surface area contributed by atoms with E-state index in [9.17, 15) is 5.11 Å². The van der Waals surface area contributed by atoms with Crippen LogP contribution in [0.25, 0.3) is 6.08 Å². The fourth-order valence-electron chi connectivity index (χ4n) is 2.82. The first-order valence-corrected chi connectivity index (χ1v) is 6.31. The van der Waals surface area contributed by atoms with Gasteiger partial charge in [0.25, 0.3) is 0 Å². The molecule has 0 fully saturated rings. The Hall–Kier alpha value is -1.86. The van der Waals surface area contributed by atoms with Gasteiger partial charge in [-0.3, -0.25) is 0 Å². The van der Waals surface area contributed by atoms with Crippen LogP contribution in [0.4, 0.5) is 0 Å². The number of aliphatic hydroxyl groups excluding tert-OH is 1. The van der Waals surface area contributed by atoms with Gasteiger partial charge < -0.3 is 5.11 Å². The summed E-state index contributed by atoms with van der Waals surface area (Å²) in [5.41, 5.74) is 5.58. The van der Waals surface area contributed by atoms with Gasteiger partial charge in [0.05, 0.1) is 0 Å². The highest BCUT2D eigenvalue weighted by Crippen LogP contribution is 2.34. The maximum atomic E-state index is 10.7. The van der Waals surface area contributed by atoms with E-state index in [1.165, 1.54) is 11.1 Å². The Balaban J connectivity index is 2.23. The van der Waals surface area contributed by atoms with E-state index in [0.29, 0.717) is 0 Å². The summed E-state index contributed by atoms with van der Waals surface area (Å²) < 4.78 is 0. The number of benzene rings is 2. The van der Waals surface area contributed by atoms with Crippen molar-refractivity contribution >= 4 is 6.08 Å². The Morgan fingerprint density at radius 1 is 1.00 bits per heavy atom. The monoisotopic (exact) mass is 236 g/mol. The molecule has 0 heterocycles. The van der Waals surface area contributed by atoms with Crippen LogP contribution in [0.1, 0.15) is 33.9 Å². The third kappa shape index (κ3) is 1.68. The molecule has 0 spiro atoms. The van der Waals surface area contributed by atoms with Crippen LogP contribution in [0.5, 0.6) is 0 Å². The summed E-state index contributed by atoms with van der Waals surface area (Å²) in [4.78, 5) is 0. The largest absolute Gasteiger partial charge is 0.384 e. The molecular formula is C17H16O. The first-order valence-electron chi connectivity index (χ1n) is 6.31. The second-order valence-corrected chi connectivity index (χ2v) is 4.73. The Kier molecular flexibility index (Phi) is 2.77. The van der Waals surface area contributed by atoms with Gasteiger partial charge in [-0.05, 0) is 40.7 Å². The summed E-state index contributed by atoms with van der Waals surface area (Å²) in [6.45, 7) is 3.85. The molecule has 1 unspecified atom stereocenters. The second kappa shape index (κ2) is 4.43. The number of hydrogen-bond acceptors (Lipinski definition) is 1. The molecule has 0 aromatic heterocycles. The van der Waals surface area contributed by atoms with Gasteiger partial charge in [-0.15, -0.1) is 0 Å². The van der Waals surface area contributed by atoms with E-state index < -0.39 is 6.10 Å². The van der Waals surface area contributed by atoms with Gasteiger partial charge in [-0.1, -0.05) is 55.1 Å². The normalized spacial score (nSPS) is 17.5. The van der Waals surface area contributed by atoms with Crippen molar-refractivity contribution in [3.05, 3.63) is 76.9 Å². The van der Waals surface area contributed by atoms with Crippen LogP contribution in [-0.2, 0) is 12.8 Å². The van der Waals surface area contributed by atoms with Crippen LogP contribution in [0.15, 0.2) is 49.0 Å². The first-order chi connectivity index (χ1) is 8.81. The van der Waals surface area contributed by atoms with E-state index in [4.69, 9.17) is 0 Å². The van der Waals surface area contributed by atoms with Crippen LogP contribution in [0.2, 0.25) is 0 Å². The SMILES string of the molecule is C=Cc1cccc2c1C(O)c1ccccc1CC2. The molecule has 0 saturated heterocycles. The highest BCUT2D eigenvalue weighted by atomic mass is 16.3. The van der Waals surface area contributed by atoms with Crippen LogP contribution < -0.4 is 0 Å². The van der Waals surface area contributed by atoms with E-state index in [2.05, 4.69) is 18.7 Å². The summed E-state index contributed by atoms with van der Waals surface area (Å²) in [7, 11) is 0. The Morgan fingerprint density at radius 3 is 2.56 bits per heavy atom. The average molecular weight is 236 g/mol. The van der Waals surface area contributed by atoms with Crippen molar-refractivity contribution in [2.45, 2.75) is 18.9 Å². The third-order valence-electron chi connectivity index (χ3n) is 3.74. The minimum absolute atomic E-state index is 0.534. The lowest BCUT2D eigenvalue weighted by Crippen LogP contribution is -2.04. The van der Waals surface area contributed by atoms with Crippen molar-refractivity contribution < 1.29 is 5.11 Å². The van der Waals surface area contributed by atoms with E-state index in [1.807, 2.05) is 36.4 Å². The second-order valence-electron chi connectivity index (χ2n) is 4.73. The molecule has 0 radical (unpaired) electrons. The number of rotatable bonds is 1. The van der Waals surface area contributed by atoms with E-state index in [1.54, 1.807) is 0 Å². The third-order valence-corrected chi connectivity index (χ3v) is 3.74. The fraction of sp³-hybridized carbons (Fsp3) is 0.176. The average Bonchev–Trinajstić information content (AvgIpc) is 2.57. The van der Waals surface area contributed by atoms with Gasteiger partial charge >= 0.3 is 0 Å². The van der Waals surface area contributed by atoms with Gasteiger partial charge in [0.2, 0.25) is 0 Å². The van der Waals surface area contributed by atoms with E-state index in [0.717, 1.165) is 29.5 Å². The molecular weight excluding hydrogens is 220 g/mol. The minimum atomic E-state index is -0.534. The smallest absolute Gasteiger partial charge is 0.105 e. The highest BCUT2D eigenvalue weighted by Gasteiger charge is 2.22. The summed E-state index contributed by atoms with van der Waals surface area (Å²) >= 11 is 0. The maximum absolute atomic E-state index is 10.7. The van der Waals surface area contributed by atoms with Crippen LogP contribution in [0, 0.1) is 0 Å². The maximum Gasteiger partial charge on any atom is 0.105 e. The zero-order valence-electron chi connectivity index (χ0n) is 10.3. The fourth-order valence-corrected chi connectivity index (χ4v) is 2.82. The van der Waals surface area contributed by atoms with Crippen LogP contribution in [-0.4, -0.2) is 5.11 Å². The summed E-state index contributed by atoms with van der Waals surface area (Å²) in [6.07, 6.45) is 3.26. The zero-order valence-corrected chi connectivity index (χ0v) is 10.3. The lowest BCUT2D eigenvalue weighted by molar-refractivity contribution is 0.219. The standard InChI is InChI=1S/C17H16O/c1-2-12-7-5-8-14-11-10-13-6-3-4-9-15(13)17(18)16(12)14/h2-9,17-18H,1,10-11H2. The molecule has 2 aromatic carbocycles. The molecule has 0 amide bonds. The molecule has 1 nitrogen and oxygen atoms in total. The van der Waals surface area contributed by atoms with E-state index >= 15 is 0 Å². The number of aliphatic hydroxyl groups is 1. The van der Waals surface area contributed by atoms with Crippen molar-refractivity contribution in [2.75, 3.05) is 0 Å². The molecule has 1 atom stereocenters. The quantitative estimate of drug-likeness (QED) is 0.803. The first kappa shape index (κ1) is 11.2. The van der Waals surface area contributed by atoms with Crippen molar-refractivity contribution in [2.24, 2.45) is 0 Å². The lowest BCUT2D eigenvalue weighted by atomic mass is 9.93. The topological polar surface area (TPSA) is 20.2 Å². The highest BCUT2D eigenvalue weighted by molar-refractivity contribution is 5.58. The van der Waals surface area contributed by atoms with Crippen molar-refractivity contribution in [1.82, 2.24) is 0 Å². The van der Waals surface area contributed by atoms with Gasteiger partial charge in [-0.2, -0.15) is 0 Å². The van der Waals surface area contributed by atoms with Crippen molar-refractivity contribution in [3.8, 4) is 0 Å². The van der Waals surface area contributed by atoms with Crippen LogP contribution in [0.3, 0.4) is 0 Å². The lowest BCUT2D eigenvalue weighted by Gasteiger charge is -2.16. The Bertz CT molecular complexity index is 598. The van der Waals surface area contributed by atoms with E-state index in [-0.39, 0.29) is 0 Å². The summed E-state index contributed by atoms with van der Waals surface area (Å²) in [6, 6.07) is 14.3. The Labute approximate surface area is 107 Å². The molecule has 0 saturated carbocycles. The Morgan fingerprint density at radius 2 is 1.72 bits per heavy atom. The molecule has 1 heteroatoms. The minimum Gasteiger partial charge on any atom is -0.384 e. The molecule has 18 heavy (non-hydrogen) atoms. The molecule has 3 rings (SSSR count). The number of aryl methyl sites for hydroxylation is 2. The number of fused-ring (bicyclic) bond motifs is 2. The predicted molar refractivity (Wildman–Crippen MR) is 74.4 cm³/mol. The van der Waals surface area contributed by atoms with Gasteiger partial charge in [0, 0.05) is 0 Å². The molecule has 1 N–H and O–H groups in total. The van der Waals surface area contributed by atoms with Gasteiger partial charge in [0.1, 0.15) is 6.10 Å². The molecule has 2 aromatic rings. The molecule has 1 aliphatic carbocycles. The predicted octanol–water partition coefficient (Wildman–Crippen LogP) is 3.51.